The van der Waals surface area contributed by atoms with Crippen molar-refractivity contribution in [1.29, 1.82) is 0 Å². The van der Waals surface area contributed by atoms with Gasteiger partial charge < -0.3 is 19.6 Å². The maximum atomic E-state index is 12.7. The van der Waals surface area contributed by atoms with Crippen molar-refractivity contribution in [3.63, 3.8) is 0 Å². The molecule has 1 aliphatic heterocycles. The molecule has 3 heterocycles. The van der Waals surface area contributed by atoms with E-state index >= 15 is 0 Å². The lowest BCUT2D eigenvalue weighted by Gasteiger charge is -2.22. The molecular weight excluding hydrogens is 438 g/mol. The molecule has 10 heteroatoms. The predicted octanol–water partition coefficient (Wildman–Crippen LogP) is 4.15. The quantitative estimate of drug-likeness (QED) is 0.618. The first-order valence-corrected chi connectivity index (χ1v) is 11.3. The summed E-state index contributed by atoms with van der Waals surface area (Å²) >= 11 is 7.45. The highest BCUT2D eigenvalue weighted by atomic mass is 35.5. The minimum absolute atomic E-state index is 0.0234. The molecule has 0 bridgehead atoms. The Hall–Kier alpha value is -2.91. The number of hydrogen-bond donors (Lipinski definition) is 1. The molecule has 1 aromatic carbocycles. The lowest BCUT2D eigenvalue weighted by Crippen LogP contribution is -2.39. The Labute approximate surface area is 188 Å². The van der Waals surface area contributed by atoms with Gasteiger partial charge in [-0.25, -0.2) is 4.79 Å². The molecule has 0 spiro atoms. The van der Waals surface area contributed by atoms with Crippen LogP contribution in [0.4, 0.5) is 10.5 Å². The van der Waals surface area contributed by atoms with Crippen molar-refractivity contribution in [3.8, 4) is 11.4 Å². The van der Waals surface area contributed by atoms with E-state index in [0.29, 0.717) is 61.4 Å². The molecule has 1 fully saturated rings. The summed E-state index contributed by atoms with van der Waals surface area (Å²) in [5.74, 6) is 1.02. The molecule has 1 N–H and O–H groups in total. The number of thiophene rings is 1. The maximum absolute atomic E-state index is 12.7. The highest BCUT2D eigenvalue weighted by Crippen LogP contribution is 2.19. The first-order chi connectivity index (χ1) is 15.1. The summed E-state index contributed by atoms with van der Waals surface area (Å²) in [7, 11) is 0. The summed E-state index contributed by atoms with van der Waals surface area (Å²) in [6, 6.07) is 8.73. The fourth-order valence-electron chi connectivity index (χ4n) is 3.34. The molecule has 3 aromatic rings. The smallest absolute Gasteiger partial charge is 0.321 e. The van der Waals surface area contributed by atoms with E-state index in [9.17, 15) is 9.59 Å². The fourth-order valence-corrected chi connectivity index (χ4v) is 4.10. The summed E-state index contributed by atoms with van der Waals surface area (Å²) in [5, 5.41) is 11.4. The van der Waals surface area contributed by atoms with Crippen LogP contribution < -0.4 is 5.32 Å². The van der Waals surface area contributed by atoms with E-state index in [2.05, 4.69) is 15.5 Å². The van der Waals surface area contributed by atoms with E-state index in [1.165, 1.54) is 0 Å². The van der Waals surface area contributed by atoms with Crippen LogP contribution in [0.3, 0.4) is 0 Å². The van der Waals surface area contributed by atoms with Crippen LogP contribution in [-0.4, -0.2) is 58.1 Å². The van der Waals surface area contributed by atoms with Crippen LogP contribution in [0.25, 0.3) is 11.4 Å². The highest BCUT2D eigenvalue weighted by Gasteiger charge is 2.22. The third-order valence-corrected chi connectivity index (χ3v) is 5.97. The van der Waals surface area contributed by atoms with E-state index in [0.717, 1.165) is 12.0 Å². The largest absolute Gasteiger partial charge is 0.341 e. The van der Waals surface area contributed by atoms with Gasteiger partial charge in [-0.2, -0.15) is 16.3 Å². The van der Waals surface area contributed by atoms with Crippen LogP contribution in [0.1, 0.15) is 18.7 Å². The van der Waals surface area contributed by atoms with E-state index in [1.807, 2.05) is 16.8 Å². The topological polar surface area (TPSA) is 91.6 Å². The van der Waals surface area contributed by atoms with Crippen molar-refractivity contribution in [3.05, 3.63) is 52.0 Å². The number of benzene rings is 1. The zero-order valence-electron chi connectivity index (χ0n) is 16.8. The van der Waals surface area contributed by atoms with Gasteiger partial charge in [0.05, 0.1) is 0 Å². The molecule has 0 unspecified atom stereocenters. The molecule has 0 radical (unpaired) electrons. The normalized spacial score (nSPS) is 14.4. The average molecular weight is 460 g/mol. The van der Waals surface area contributed by atoms with Crippen molar-refractivity contribution < 1.29 is 14.1 Å². The Balaban J connectivity index is 1.25. The molecule has 1 aliphatic rings. The van der Waals surface area contributed by atoms with Crippen LogP contribution in [0.15, 0.2) is 45.6 Å². The summed E-state index contributed by atoms with van der Waals surface area (Å²) in [6.45, 7) is 2.19. The summed E-state index contributed by atoms with van der Waals surface area (Å²) in [6.07, 6.45) is 1.41. The third-order valence-electron chi connectivity index (χ3n) is 5.03. The second-order valence-electron chi connectivity index (χ2n) is 7.18. The molecule has 8 nitrogen and oxygen atoms in total. The van der Waals surface area contributed by atoms with Gasteiger partial charge in [0.2, 0.25) is 17.6 Å². The Morgan fingerprint density at radius 2 is 1.87 bits per heavy atom. The number of nitrogens with one attached hydrogen (secondary N) is 1. The lowest BCUT2D eigenvalue weighted by atomic mass is 10.2. The minimum Gasteiger partial charge on any atom is -0.341 e. The van der Waals surface area contributed by atoms with Crippen molar-refractivity contribution >= 4 is 40.6 Å². The van der Waals surface area contributed by atoms with E-state index in [-0.39, 0.29) is 11.9 Å². The number of carbonyl (C=O) groups excluding carboxylic acids is 2. The molecule has 31 heavy (non-hydrogen) atoms. The second-order valence-corrected chi connectivity index (χ2v) is 8.40. The molecule has 162 valence electrons. The van der Waals surface area contributed by atoms with Crippen molar-refractivity contribution in [2.75, 3.05) is 31.5 Å². The molecule has 0 aliphatic carbocycles. The summed E-state index contributed by atoms with van der Waals surface area (Å²) < 4.78 is 5.27. The monoisotopic (exact) mass is 459 g/mol. The number of anilines is 1. The van der Waals surface area contributed by atoms with Crippen LogP contribution in [-0.2, 0) is 11.2 Å². The first kappa shape index (κ1) is 21.3. The van der Waals surface area contributed by atoms with Crippen LogP contribution in [0, 0.1) is 0 Å². The minimum atomic E-state index is -0.177. The number of aryl methyl sites for hydroxylation is 1. The number of aromatic nitrogens is 2. The molecule has 4 rings (SSSR count). The van der Waals surface area contributed by atoms with E-state index < -0.39 is 0 Å². The predicted molar refractivity (Wildman–Crippen MR) is 119 cm³/mol. The van der Waals surface area contributed by atoms with Gasteiger partial charge in [-0.3, -0.25) is 4.79 Å². The van der Waals surface area contributed by atoms with Gasteiger partial charge in [0.25, 0.3) is 0 Å². The van der Waals surface area contributed by atoms with Gasteiger partial charge in [0.15, 0.2) is 0 Å². The molecule has 0 atom stereocenters. The van der Waals surface area contributed by atoms with Gasteiger partial charge in [0, 0.05) is 60.7 Å². The van der Waals surface area contributed by atoms with Gasteiger partial charge in [-0.1, -0.05) is 16.8 Å². The van der Waals surface area contributed by atoms with Crippen LogP contribution >= 0.6 is 22.9 Å². The van der Waals surface area contributed by atoms with Gasteiger partial charge in [0.1, 0.15) is 0 Å². The number of nitrogens with zero attached hydrogens (tertiary/aromatic N) is 4. The van der Waals surface area contributed by atoms with E-state index in [1.54, 1.807) is 45.4 Å². The zero-order chi connectivity index (χ0) is 21.6. The van der Waals surface area contributed by atoms with Crippen molar-refractivity contribution in [1.82, 2.24) is 19.9 Å². The Morgan fingerprint density at radius 1 is 1.10 bits per heavy atom. The Morgan fingerprint density at radius 3 is 2.65 bits per heavy atom. The maximum Gasteiger partial charge on any atom is 0.321 e. The molecular formula is C21H22ClN5O3S. The molecule has 3 amide bonds. The lowest BCUT2D eigenvalue weighted by molar-refractivity contribution is -0.131. The third kappa shape index (κ3) is 5.62. The van der Waals surface area contributed by atoms with Gasteiger partial charge >= 0.3 is 6.03 Å². The number of amides is 3. The fraction of sp³-hybridized carbons (Fsp3) is 0.333. The molecule has 2 aromatic heterocycles. The van der Waals surface area contributed by atoms with Crippen LogP contribution in [0.2, 0.25) is 5.02 Å². The van der Waals surface area contributed by atoms with Crippen molar-refractivity contribution in [2.24, 2.45) is 0 Å². The summed E-state index contributed by atoms with van der Waals surface area (Å²) in [4.78, 5) is 33.1. The van der Waals surface area contributed by atoms with Gasteiger partial charge in [-0.15, -0.1) is 0 Å². The number of halogens is 1. The SMILES string of the molecule is O=C(CCc1nc(-c2ccsc2)no1)N1CCCN(C(=O)Nc2ccc(Cl)cc2)CC1. The number of rotatable bonds is 5. The number of carbonyl (C=O) groups is 2. The average Bonchev–Trinajstić information content (AvgIpc) is 3.41. The standard InChI is InChI=1S/C21H22ClN5O3S/c22-16-2-4-17(5-3-16)23-21(29)27-10-1-9-26(11-12-27)19(28)7-6-18-24-20(25-30-18)15-8-13-31-14-15/h2-5,8,13-14H,1,6-7,9-12H2,(H,23,29). The summed E-state index contributed by atoms with van der Waals surface area (Å²) in [5.41, 5.74) is 1.60. The molecule has 0 saturated carbocycles. The van der Waals surface area contributed by atoms with Crippen LogP contribution in [0.5, 0.6) is 0 Å². The number of hydrogen-bond acceptors (Lipinski definition) is 6. The van der Waals surface area contributed by atoms with Crippen molar-refractivity contribution in [2.45, 2.75) is 19.3 Å². The Kier molecular flexibility index (Phi) is 6.83. The highest BCUT2D eigenvalue weighted by molar-refractivity contribution is 7.08. The van der Waals surface area contributed by atoms with E-state index in [4.69, 9.17) is 16.1 Å². The number of urea groups is 1. The first-order valence-electron chi connectivity index (χ1n) is 10.0. The zero-order valence-corrected chi connectivity index (χ0v) is 18.4. The second kappa shape index (κ2) is 9.93. The molecule has 1 saturated heterocycles. The van der Waals surface area contributed by atoms with Gasteiger partial charge in [-0.05, 0) is 42.1 Å². The Bertz CT molecular complexity index is 1020.